The predicted octanol–water partition coefficient (Wildman–Crippen LogP) is 2.08. The highest BCUT2D eigenvalue weighted by atomic mass is 35.5. The number of nitrogens with zero attached hydrogens (tertiary/aromatic N) is 1. The van der Waals surface area contributed by atoms with Crippen molar-refractivity contribution in [1.82, 2.24) is 4.90 Å². The monoisotopic (exact) mass is 324 g/mol. The maximum Gasteiger partial charge on any atom is 0.337 e. The van der Waals surface area contributed by atoms with E-state index in [1.54, 1.807) is 0 Å². The fraction of sp³-hybridized carbons (Fsp3) is 0.400. The molecule has 1 aliphatic heterocycles. The van der Waals surface area contributed by atoms with Gasteiger partial charge < -0.3 is 15.0 Å². The summed E-state index contributed by atoms with van der Waals surface area (Å²) in [5.74, 6) is -0.881. The number of hydrogen-bond acceptors (Lipinski definition) is 4. The van der Waals surface area contributed by atoms with Gasteiger partial charge in [0, 0.05) is 13.0 Å². The second-order valence-corrected chi connectivity index (χ2v) is 5.41. The molecule has 0 spiro atoms. The molecule has 0 aromatic heterocycles. The molecule has 0 atom stereocenters. The van der Waals surface area contributed by atoms with Gasteiger partial charge in [-0.2, -0.15) is 0 Å². The normalized spacial score (nSPS) is 14.6. The summed E-state index contributed by atoms with van der Waals surface area (Å²) in [4.78, 5) is 36.8. The summed E-state index contributed by atoms with van der Waals surface area (Å²) in [6.45, 7) is 0.569. The molecule has 6 nitrogen and oxygen atoms in total. The second-order valence-electron chi connectivity index (χ2n) is 5.01. The molecule has 0 saturated carbocycles. The van der Waals surface area contributed by atoms with Gasteiger partial charge in [-0.15, -0.1) is 0 Å². The minimum Gasteiger partial charge on any atom is -0.465 e. The van der Waals surface area contributed by atoms with E-state index in [0.717, 1.165) is 12.8 Å². The van der Waals surface area contributed by atoms with E-state index in [2.05, 4.69) is 10.1 Å². The molecule has 1 heterocycles. The number of benzene rings is 1. The number of likely N-dealkylation sites (tertiary alicyclic amines) is 1. The van der Waals surface area contributed by atoms with Gasteiger partial charge in [0.15, 0.2) is 0 Å². The lowest BCUT2D eigenvalue weighted by molar-refractivity contribution is -0.136. The summed E-state index contributed by atoms with van der Waals surface area (Å²) in [5, 5.41) is 2.94. The molecule has 1 aromatic rings. The van der Waals surface area contributed by atoms with E-state index in [0.29, 0.717) is 23.7 Å². The number of carbonyl (C=O) groups is 3. The topological polar surface area (TPSA) is 75.7 Å². The van der Waals surface area contributed by atoms with Crippen molar-refractivity contribution in [3.8, 4) is 0 Å². The predicted molar refractivity (Wildman–Crippen MR) is 81.9 cm³/mol. The summed E-state index contributed by atoms with van der Waals surface area (Å²) in [6.07, 6.45) is 2.24. The SMILES string of the molecule is COC(=O)c1ccc(Cl)c(NC(=O)CN2CCCCC2=O)c1. The van der Waals surface area contributed by atoms with E-state index < -0.39 is 5.97 Å². The highest BCUT2D eigenvalue weighted by Crippen LogP contribution is 2.23. The molecule has 0 radical (unpaired) electrons. The molecule has 22 heavy (non-hydrogen) atoms. The van der Waals surface area contributed by atoms with E-state index in [9.17, 15) is 14.4 Å². The van der Waals surface area contributed by atoms with Crippen molar-refractivity contribution >= 4 is 35.1 Å². The molecule has 1 aromatic carbocycles. The summed E-state index contributed by atoms with van der Waals surface area (Å²) in [6, 6.07) is 4.47. The van der Waals surface area contributed by atoms with Crippen LogP contribution in [0.15, 0.2) is 18.2 Å². The minimum atomic E-state index is -0.515. The third-order valence-corrected chi connectivity index (χ3v) is 3.75. The van der Waals surface area contributed by atoms with Crippen molar-refractivity contribution in [2.75, 3.05) is 25.5 Å². The zero-order chi connectivity index (χ0) is 16.1. The summed E-state index contributed by atoms with van der Waals surface area (Å²) in [5.41, 5.74) is 0.607. The van der Waals surface area contributed by atoms with Crippen LogP contribution < -0.4 is 5.32 Å². The number of hydrogen-bond donors (Lipinski definition) is 1. The Morgan fingerprint density at radius 2 is 2.14 bits per heavy atom. The van der Waals surface area contributed by atoms with E-state index in [1.165, 1.54) is 30.2 Å². The van der Waals surface area contributed by atoms with Gasteiger partial charge >= 0.3 is 5.97 Å². The van der Waals surface area contributed by atoms with Gasteiger partial charge in [0.2, 0.25) is 11.8 Å². The Kier molecular flexibility index (Phi) is 5.38. The molecule has 0 aliphatic carbocycles. The van der Waals surface area contributed by atoms with Crippen LogP contribution in [0.4, 0.5) is 5.69 Å². The highest BCUT2D eigenvalue weighted by molar-refractivity contribution is 6.33. The van der Waals surface area contributed by atoms with Crippen LogP contribution >= 0.6 is 11.6 Å². The van der Waals surface area contributed by atoms with Gasteiger partial charge in [-0.05, 0) is 31.0 Å². The van der Waals surface area contributed by atoms with Gasteiger partial charge in [0.05, 0.1) is 29.9 Å². The van der Waals surface area contributed by atoms with E-state index in [4.69, 9.17) is 11.6 Å². The molecule has 0 unspecified atom stereocenters. The Balaban J connectivity index is 2.04. The fourth-order valence-corrected chi connectivity index (χ4v) is 2.42. The molecule has 1 aliphatic rings. The first kappa shape index (κ1) is 16.3. The Labute approximate surface area is 133 Å². The maximum absolute atomic E-state index is 12.0. The van der Waals surface area contributed by atoms with Crippen LogP contribution in [-0.4, -0.2) is 42.9 Å². The number of nitrogens with one attached hydrogen (secondary N) is 1. The third kappa shape index (κ3) is 3.98. The molecule has 118 valence electrons. The van der Waals surface area contributed by atoms with Crippen molar-refractivity contribution in [3.05, 3.63) is 28.8 Å². The van der Waals surface area contributed by atoms with Crippen molar-refractivity contribution in [2.45, 2.75) is 19.3 Å². The number of halogens is 1. The molecule has 1 saturated heterocycles. The molecular weight excluding hydrogens is 308 g/mol. The summed E-state index contributed by atoms with van der Waals surface area (Å²) < 4.78 is 4.62. The van der Waals surface area contributed by atoms with Crippen LogP contribution in [0.5, 0.6) is 0 Å². The first-order valence-electron chi connectivity index (χ1n) is 6.96. The van der Waals surface area contributed by atoms with Crippen LogP contribution in [0.2, 0.25) is 5.02 Å². The highest BCUT2D eigenvalue weighted by Gasteiger charge is 2.21. The molecule has 2 amide bonds. The van der Waals surface area contributed by atoms with Crippen LogP contribution in [-0.2, 0) is 14.3 Å². The lowest BCUT2D eigenvalue weighted by atomic mass is 10.1. The summed E-state index contributed by atoms with van der Waals surface area (Å²) >= 11 is 6.01. The van der Waals surface area contributed by atoms with Crippen LogP contribution in [0.3, 0.4) is 0 Å². The first-order valence-corrected chi connectivity index (χ1v) is 7.34. The molecular formula is C15H17ClN2O4. The number of amides is 2. The van der Waals surface area contributed by atoms with Gasteiger partial charge in [0.25, 0.3) is 0 Å². The maximum atomic E-state index is 12.0. The van der Waals surface area contributed by atoms with Gasteiger partial charge in [-0.25, -0.2) is 4.79 Å². The molecule has 7 heteroatoms. The quantitative estimate of drug-likeness (QED) is 0.860. The molecule has 1 N–H and O–H groups in total. The van der Waals surface area contributed by atoms with Gasteiger partial charge in [0.1, 0.15) is 0 Å². The Bertz CT molecular complexity index is 603. The average Bonchev–Trinajstić information content (AvgIpc) is 2.51. The Morgan fingerprint density at radius 1 is 1.36 bits per heavy atom. The van der Waals surface area contributed by atoms with Crippen LogP contribution in [0.1, 0.15) is 29.6 Å². The number of rotatable bonds is 4. The molecule has 0 bridgehead atoms. The lowest BCUT2D eigenvalue weighted by Crippen LogP contribution is -2.40. The molecule has 2 rings (SSSR count). The van der Waals surface area contributed by atoms with E-state index >= 15 is 0 Å². The minimum absolute atomic E-state index is 0.0163. The lowest BCUT2D eigenvalue weighted by Gasteiger charge is -2.26. The summed E-state index contributed by atoms with van der Waals surface area (Å²) in [7, 11) is 1.27. The van der Waals surface area contributed by atoms with Crippen LogP contribution in [0, 0.1) is 0 Å². The smallest absolute Gasteiger partial charge is 0.337 e. The van der Waals surface area contributed by atoms with Gasteiger partial charge in [-0.3, -0.25) is 9.59 Å². The van der Waals surface area contributed by atoms with Gasteiger partial charge in [-0.1, -0.05) is 11.6 Å². The van der Waals surface area contributed by atoms with Crippen LogP contribution in [0.25, 0.3) is 0 Å². The van der Waals surface area contributed by atoms with E-state index in [-0.39, 0.29) is 23.9 Å². The number of piperidine rings is 1. The largest absolute Gasteiger partial charge is 0.465 e. The van der Waals surface area contributed by atoms with Crippen molar-refractivity contribution < 1.29 is 19.1 Å². The number of methoxy groups -OCH3 is 1. The Hall–Kier alpha value is -2.08. The first-order chi connectivity index (χ1) is 10.5. The standard InChI is InChI=1S/C15H17ClN2O4/c1-22-15(21)10-5-6-11(16)12(8-10)17-13(19)9-18-7-3-2-4-14(18)20/h5-6,8H,2-4,7,9H2,1H3,(H,17,19). The van der Waals surface area contributed by atoms with Crippen molar-refractivity contribution in [1.29, 1.82) is 0 Å². The number of anilines is 1. The number of ether oxygens (including phenoxy) is 1. The Morgan fingerprint density at radius 3 is 2.82 bits per heavy atom. The van der Waals surface area contributed by atoms with Crippen molar-refractivity contribution in [2.24, 2.45) is 0 Å². The second kappa shape index (κ2) is 7.26. The van der Waals surface area contributed by atoms with E-state index in [1.807, 2.05) is 0 Å². The third-order valence-electron chi connectivity index (χ3n) is 3.42. The fourth-order valence-electron chi connectivity index (χ4n) is 2.26. The molecule has 1 fully saturated rings. The number of esters is 1. The number of carbonyl (C=O) groups excluding carboxylic acids is 3. The zero-order valence-electron chi connectivity index (χ0n) is 12.2. The van der Waals surface area contributed by atoms with Crippen molar-refractivity contribution in [3.63, 3.8) is 0 Å². The zero-order valence-corrected chi connectivity index (χ0v) is 13.0. The average molecular weight is 325 g/mol.